The van der Waals surface area contributed by atoms with Crippen LogP contribution in [-0.2, 0) is 25.5 Å². The third-order valence-electron chi connectivity index (χ3n) is 6.45. The number of nitrogen functional groups attached to an aromatic ring is 1. The standard InChI is InChI=1S/C21H26F3N5O3S/c1-3-33(30,31)20(5-4-6-20)17-10-16(14-11-26-18(25)9-15(14)21(22,23)24)27-19(28-17)29-7-8-32-12-13(29)2/h9-11,13H,3-8,12H2,1-2H3,(H2,25,26)/t13-/m0/s1. The van der Waals surface area contributed by atoms with E-state index >= 15 is 0 Å². The quantitative estimate of drug-likeness (QED) is 0.688. The highest BCUT2D eigenvalue weighted by Crippen LogP contribution is 2.49. The van der Waals surface area contributed by atoms with Crippen molar-refractivity contribution in [1.29, 1.82) is 0 Å². The first-order valence-electron chi connectivity index (χ1n) is 10.8. The van der Waals surface area contributed by atoms with Crippen molar-refractivity contribution in [3.63, 3.8) is 0 Å². The van der Waals surface area contributed by atoms with E-state index in [1.54, 1.807) is 6.92 Å². The number of pyridine rings is 1. The second-order valence-electron chi connectivity index (χ2n) is 8.46. The molecule has 33 heavy (non-hydrogen) atoms. The zero-order valence-corrected chi connectivity index (χ0v) is 19.2. The zero-order chi connectivity index (χ0) is 24.0. The number of ether oxygens (including phenoxy) is 1. The normalized spacial score (nSPS) is 21.0. The van der Waals surface area contributed by atoms with E-state index in [1.807, 2.05) is 11.8 Å². The van der Waals surface area contributed by atoms with Gasteiger partial charge in [-0.3, -0.25) is 0 Å². The molecule has 12 heteroatoms. The molecule has 8 nitrogen and oxygen atoms in total. The van der Waals surface area contributed by atoms with Crippen LogP contribution in [0.5, 0.6) is 0 Å². The smallest absolute Gasteiger partial charge is 0.384 e. The Labute approximate surface area is 190 Å². The molecule has 0 bridgehead atoms. The predicted octanol–water partition coefficient (Wildman–Crippen LogP) is 3.18. The van der Waals surface area contributed by atoms with E-state index in [0.29, 0.717) is 39.0 Å². The van der Waals surface area contributed by atoms with Gasteiger partial charge < -0.3 is 15.4 Å². The molecule has 3 heterocycles. The fraction of sp³-hybridized carbons (Fsp3) is 0.571. The van der Waals surface area contributed by atoms with Gasteiger partial charge in [0.1, 0.15) is 10.6 Å². The average molecular weight is 486 g/mol. The van der Waals surface area contributed by atoms with Crippen LogP contribution in [0.15, 0.2) is 18.3 Å². The number of rotatable bonds is 5. The lowest BCUT2D eigenvalue weighted by Gasteiger charge is -2.41. The number of alkyl halides is 3. The lowest BCUT2D eigenvalue weighted by Crippen LogP contribution is -2.46. The SMILES string of the molecule is CCS(=O)(=O)C1(c2cc(-c3cnc(N)cc3C(F)(F)F)nc(N3CCOC[C@@H]3C)n2)CCC1. The van der Waals surface area contributed by atoms with Crippen LogP contribution in [-0.4, -0.2) is 54.9 Å². The van der Waals surface area contributed by atoms with Gasteiger partial charge in [-0.25, -0.2) is 23.4 Å². The summed E-state index contributed by atoms with van der Waals surface area (Å²) in [7, 11) is -3.57. The van der Waals surface area contributed by atoms with Crippen LogP contribution in [0.2, 0.25) is 0 Å². The summed E-state index contributed by atoms with van der Waals surface area (Å²) in [5.74, 6) is -0.181. The van der Waals surface area contributed by atoms with E-state index in [-0.39, 0.29) is 40.5 Å². The number of hydrogen-bond donors (Lipinski definition) is 1. The second-order valence-corrected chi connectivity index (χ2v) is 11.0. The van der Waals surface area contributed by atoms with Gasteiger partial charge in [0.05, 0.1) is 36.2 Å². The van der Waals surface area contributed by atoms with Gasteiger partial charge in [0.25, 0.3) is 0 Å². The van der Waals surface area contributed by atoms with Crippen molar-refractivity contribution >= 4 is 21.6 Å². The van der Waals surface area contributed by atoms with Crippen molar-refractivity contribution in [3.8, 4) is 11.3 Å². The first-order valence-corrected chi connectivity index (χ1v) is 12.4. The highest BCUT2D eigenvalue weighted by molar-refractivity contribution is 7.92. The summed E-state index contributed by atoms with van der Waals surface area (Å²) in [4.78, 5) is 14.7. The molecular formula is C21H26F3N5O3S. The lowest BCUT2D eigenvalue weighted by molar-refractivity contribution is -0.137. The Hall–Kier alpha value is -2.47. The van der Waals surface area contributed by atoms with E-state index in [2.05, 4.69) is 15.0 Å². The predicted molar refractivity (Wildman–Crippen MR) is 117 cm³/mol. The molecule has 2 aromatic heterocycles. The average Bonchev–Trinajstić information content (AvgIpc) is 2.72. The van der Waals surface area contributed by atoms with Gasteiger partial charge in [0.2, 0.25) is 5.95 Å². The molecule has 1 aliphatic carbocycles. The number of nitrogens with two attached hydrogens (primary N) is 1. The van der Waals surface area contributed by atoms with E-state index in [4.69, 9.17) is 10.5 Å². The molecule has 1 atom stereocenters. The summed E-state index contributed by atoms with van der Waals surface area (Å²) in [6.45, 7) is 4.70. The molecule has 4 rings (SSSR count). The van der Waals surface area contributed by atoms with Crippen LogP contribution >= 0.6 is 0 Å². The third-order valence-corrected chi connectivity index (χ3v) is 9.02. The van der Waals surface area contributed by atoms with E-state index < -0.39 is 26.3 Å². The molecule has 1 aliphatic heterocycles. The Bertz CT molecular complexity index is 1150. The highest BCUT2D eigenvalue weighted by atomic mass is 32.2. The fourth-order valence-electron chi connectivity index (χ4n) is 4.37. The minimum Gasteiger partial charge on any atom is -0.384 e. The van der Waals surface area contributed by atoms with Crippen molar-refractivity contribution < 1.29 is 26.3 Å². The Morgan fingerprint density at radius 2 is 2.00 bits per heavy atom. The fourth-order valence-corrected chi connectivity index (χ4v) is 6.26. The van der Waals surface area contributed by atoms with Crippen LogP contribution in [0.25, 0.3) is 11.3 Å². The summed E-state index contributed by atoms with van der Waals surface area (Å²) >= 11 is 0. The monoisotopic (exact) mass is 485 g/mol. The molecule has 0 aromatic carbocycles. The molecular weight excluding hydrogens is 459 g/mol. The second kappa shape index (κ2) is 8.39. The molecule has 0 spiro atoms. The Balaban J connectivity index is 1.96. The highest BCUT2D eigenvalue weighted by Gasteiger charge is 2.51. The van der Waals surface area contributed by atoms with Gasteiger partial charge in [0, 0.05) is 24.1 Å². The number of halogens is 3. The maximum absolute atomic E-state index is 13.8. The van der Waals surface area contributed by atoms with Gasteiger partial charge in [0.15, 0.2) is 9.84 Å². The van der Waals surface area contributed by atoms with Crippen molar-refractivity contribution in [3.05, 3.63) is 29.6 Å². The van der Waals surface area contributed by atoms with Gasteiger partial charge in [-0.15, -0.1) is 0 Å². The minimum absolute atomic E-state index is 0.0360. The number of anilines is 2. The molecule has 0 amide bonds. The molecule has 0 unspecified atom stereocenters. The van der Waals surface area contributed by atoms with E-state index in [9.17, 15) is 21.6 Å². The summed E-state index contributed by atoms with van der Waals surface area (Å²) in [5.41, 5.74) is 4.46. The summed E-state index contributed by atoms with van der Waals surface area (Å²) in [6, 6.07) is 1.99. The summed E-state index contributed by atoms with van der Waals surface area (Å²) in [5, 5.41) is 0. The summed E-state index contributed by atoms with van der Waals surface area (Å²) < 4.78 is 71.9. The maximum atomic E-state index is 13.8. The van der Waals surface area contributed by atoms with Crippen LogP contribution in [0.1, 0.15) is 44.4 Å². The summed E-state index contributed by atoms with van der Waals surface area (Å²) in [6.07, 6.45) is -2.25. The van der Waals surface area contributed by atoms with Gasteiger partial charge >= 0.3 is 6.18 Å². The molecule has 180 valence electrons. The third kappa shape index (κ3) is 4.14. The lowest BCUT2D eigenvalue weighted by atomic mass is 9.81. The van der Waals surface area contributed by atoms with Crippen LogP contribution in [0, 0.1) is 0 Å². The first kappa shape index (κ1) is 23.7. The molecule has 2 aliphatic rings. The molecule has 2 aromatic rings. The maximum Gasteiger partial charge on any atom is 0.417 e. The van der Waals surface area contributed by atoms with Crippen molar-refractivity contribution in [2.24, 2.45) is 0 Å². The van der Waals surface area contributed by atoms with Gasteiger partial charge in [-0.05, 0) is 38.3 Å². The molecule has 1 saturated carbocycles. The first-order chi connectivity index (χ1) is 15.5. The molecule has 2 fully saturated rings. The Morgan fingerprint density at radius 1 is 1.27 bits per heavy atom. The van der Waals surface area contributed by atoms with E-state index in [0.717, 1.165) is 12.3 Å². The van der Waals surface area contributed by atoms with Crippen molar-refractivity contribution in [1.82, 2.24) is 15.0 Å². The number of morpholine rings is 1. The van der Waals surface area contributed by atoms with Gasteiger partial charge in [-0.2, -0.15) is 13.2 Å². The number of hydrogen-bond acceptors (Lipinski definition) is 8. The number of aromatic nitrogens is 3. The molecule has 0 radical (unpaired) electrons. The zero-order valence-electron chi connectivity index (χ0n) is 18.4. The van der Waals surface area contributed by atoms with Crippen molar-refractivity contribution in [2.45, 2.75) is 50.1 Å². The Kier molecular flexibility index (Phi) is 6.02. The van der Waals surface area contributed by atoms with Crippen molar-refractivity contribution in [2.75, 3.05) is 36.1 Å². The Morgan fingerprint density at radius 3 is 2.58 bits per heavy atom. The van der Waals surface area contributed by atoms with Crippen LogP contribution in [0.4, 0.5) is 24.9 Å². The van der Waals surface area contributed by atoms with Crippen LogP contribution in [0.3, 0.4) is 0 Å². The molecule has 2 N–H and O–H groups in total. The topological polar surface area (TPSA) is 111 Å². The van der Waals surface area contributed by atoms with E-state index in [1.165, 1.54) is 6.07 Å². The number of sulfone groups is 1. The number of nitrogens with zero attached hydrogens (tertiary/aromatic N) is 4. The molecule has 1 saturated heterocycles. The minimum atomic E-state index is -4.70. The largest absolute Gasteiger partial charge is 0.417 e. The van der Waals surface area contributed by atoms with Gasteiger partial charge in [-0.1, -0.05) is 6.92 Å². The van der Waals surface area contributed by atoms with Crippen LogP contribution < -0.4 is 10.6 Å².